The minimum atomic E-state index is -0.644. The molecule has 5 heteroatoms. The lowest BCUT2D eigenvalue weighted by Crippen LogP contribution is -2.20. The van der Waals surface area contributed by atoms with Crippen LogP contribution < -0.4 is 4.74 Å². The van der Waals surface area contributed by atoms with Crippen molar-refractivity contribution in [3.8, 4) is 5.75 Å². The maximum Gasteiger partial charge on any atom is 0.306 e. The highest BCUT2D eigenvalue weighted by Gasteiger charge is 2.30. The van der Waals surface area contributed by atoms with E-state index in [1.807, 2.05) is 12.1 Å². The molecule has 0 bridgehead atoms. The molecule has 0 N–H and O–H groups in total. The van der Waals surface area contributed by atoms with E-state index in [0.29, 0.717) is 30.8 Å². The van der Waals surface area contributed by atoms with Crippen molar-refractivity contribution in [1.29, 1.82) is 0 Å². The van der Waals surface area contributed by atoms with Gasteiger partial charge >= 0.3 is 5.97 Å². The van der Waals surface area contributed by atoms with Crippen molar-refractivity contribution in [2.45, 2.75) is 25.6 Å². The molecule has 0 saturated carbocycles. The molecule has 1 aromatic carbocycles. The molecule has 1 aliphatic heterocycles. The predicted octanol–water partition coefficient (Wildman–Crippen LogP) is 2.55. The van der Waals surface area contributed by atoms with Crippen LogP contribution in [0.3, 0.4) is 0 Å². The van der Waals surface area contributed by atoms with Crippen LogP contribution in [0.1, 0.15) is 28.8 Å². The standard InChI is InChI=1S/C17H15NO4/c19-16-8-7-15(22-16)17(20)13-3-5-14(6-4-13)21-11-12-2-1-9-18-10-12/h1-6,9-10,15H,7-8,11H2. The van der Waals surface area contributed by atoms with Gasteiger partial charge in [-0.15, -0.1) is 0 Å². The number of hydrogen-bond acceptors (Lipinski definition) is 5. The van der Waals surface area contributed by atoms with E-state index in [-0.39, 0.29) is 11.8 Å². The van der Waals surface area contributed by atoms with Crippen molar-refractivity contribution in [2.75, 3.05) is 0 Å². The molecule has 0 aliphatic carbocycles. The van der Waals surface area contributed by atoms with Gasteiger partial charge in [-0.25, -0.2) is 0 Å². The Bertz CT molecular complexity index is 667. The quantitative estimate of drug-likeness (QED) is 0.627. The Hall–Kier alpha value is -2.69. The summed E-state index contributed by atoms with van der Waals surface area (Å²) in [5.41, 5.74) is 1.49. The number of esters is 1. The lowest BCUT2D eigenvalue weighted by atomic mass is 10.0. The van der Waals surface area contributed by atoms with E-state index in [2.05, 4.69) is 4.98 Å². The van der Waals surface area contributed by atoms with E-state index in [1.54, 1.807) is 36.7 Å². The molecular formula is C17H15NO4. The molecule has 2 heterocycles. The number of aromatic nitrogens is 1. The van der Waals surface area contributed by atoms with Crippen LogP contribution in [0.4, 0.5) is 0 Å². The summed E-state index contributed by atoms with van der Waals surface area (Å²) in [6.07, 6.45) is 3.57. The van der Waals surface area contributed by atoms with Crippen LogP contribution in [-0.4, -0.2) is 22.8 Å². The molecule has 0 radical (unpaired) electrons. The SMILES string of the molecule is O=C1CCC(C(=O)c2ccc(OCc3cccnc3)cc2)O1. The molecule has 0 spiro atoms. The Morgan fingerprint density at radius 2 is 2.09 bits per heavy atom. The Morgan fingerprint density at radius 3 is 2.73 bits per heavy atom. The Labute approximate surface area is 127 Å². The number of rotatable bonds is 5. The van der Waals surface area contributed by atoms with Gasteiger partial charge in [-0.05, 0) is 30.3 Å². The molecule has 112 valence electrons. The molecular weight excluding hydrogens is 282 g/mol. The van der Waals surface area contributed by atoms with Crippen LogP contribution >= 0.6 is 0 Å². The number of hydrogen-bond donors (Lipinski definition) is 0. The fourth-order valence-corrected chi connectivity index (χ4v) is 2.26. The molecule has 2 aromatic rings. The van der Waals surface area contributed by atoms with E-state index >= 15 is 0 Å². The number of pyridine rings is 1. The first-order valence-electron chi connectivity index (χ1n) is 7.08. The summed E-state index contributed by atoms with van der Waals surface area (Å²) in [5, 5.41) is 0. The van der Waals surface area contributed by atoms with Crippen LogP contribution in [0.2, 0.25) is 0 Å². The van der Waals surface area contributed by atoms with Crippen molar-refractivity contribution in [3.63, 3.8) is 0 Å². The van der Waals surface area contributed by atoms with Gasteiger partial charge in [0.15, 0.2) is 6.10 Å². The van der Waals surface area contributed by atoms with Gasteiger partial charge in [0, 0.05) is 36.4 Å². The number of benzene rings is 1. The molecule has 22 heavy (non-hydrogen) atoms. The predicted molar refractivity (Wildman–Crippen MR) is 78.5 cm³/mol. The van der Waals surface area contributed by atoms with E-state index in [1.165, 1.54) is 0 Å². The summed E-state index contributed by atoms with van der Waals surface area (Å²) >= 11 is 0. The number of ketones is 1. The van der Waals surface area contributed by atoms with Gasteiger partial charge in [0.2, 0.25) is 5.78 Å². The molecule has 1 aromatic heterocycles. The van der Waals surface area contributed by atoms with Gasteiger partial charge in [0.25, 0.3) is 0 Å². The van der Waals surface area contributed by atoms with Crippen molar-refractivity contribution < 1.29 is 19.1 Å². The fraction of sp³-hybridized carbons (Fsp3) is 0.235. The third-order valence-electron chi connectivity index (χ3n) is 3.44. The van der Waals surface area contributed by atoms with Gasteiger partial charge in [0.1, 0.15) is 12.4 Å². The van der Waals surface area contributed by atoms with Gasteiger partial charge < -0.3 is 9.47 Å². The molecule has 5 nitrogen and oxygen atoms in total. The molecule has 1 atom stereocenters. The highest BCUT2D eigenvalue weighted by Crippen LogP contribution is 2.20. The van der Waals surface area contributed by atoms with Crippen molar-refractivity contribution in [1.82, 2.24) is 4.98 Å². The second-order valence-electron chi connectivity index (χ2n) is 5.06. The third kappa shape index (κ3) is 3.31. The third-order valence-corrected chi connectivity index (χ3v) is 3.44. The van der Waals surface area contributed by atoms with Crippen molar-refractivity contribution in [3.05, 3.63) is 59.9 Å². The average molecular weight is 297 g/mol. The summed E-state index contributed by atoms with van der Waals surface area (Å²) in [4.78, 5) is 27.2. The minimum Gasteiger partial charge on any atom is -0.489 e. The summed E-state index contributed by atoms with van der Waals surface area (Å²) < 4.78 is 10.6. The number of nitrogens with zero attached hydrogens (tertiary/aromatic N) is 1. The number of cyclic esters (lactones) is 1. The van der Waals surface area contributed by atoms with Crippen LogP contribution in [0.5, 0.6) is 5.75 Å². The molecule has 1 aliphatic rings. The van der Waals surface area contributed by atoms with Crippen molar-refractivity contribution >= 4 is 11.8 Å². The normalized spacial score (nSPS) is 17.1. The number of Topliss-reactive ketones (excluding diaryl/α,β-unsaturated/α-hetero) is 1. The second-order valence-corrected chi connectivity index (χ2v) is 5.06. The first kappa shape index (κ1) is 14.3. The maximum absolute atomic E-state index is 12.2. The second kappa shape index (κ2) is 6.39. The van der Waals surface area contributed by atoms with E-state index in [0.717, 1.165) is 5.56 Å². The zero-order chi connectivity index (χ0) is 15.4. The largest absolute Gasteiger partial charge is 0.489 e. The zero-order valence-corrected chi connectivity index (χ0v) is 11.9. The van der Waals surface area contributed by atoms with Crippen LogP contribution in [0.25, 0.3) is 0 Å². The summed E-state index contributed by atoms with van der Waals surface area (Å²) in [6, 6.07) is 10.6. The van der Waals surface area contributed by atoms with Gasteiger partial charge in [-0.3, -0.25) is 14.6 Å². The average Bonchev–Trinajstić information content (AvgIpc) is 3.00. The molecule has 3 rings (SSSR count). The highest BCUT2D eigenvalue weighted by molar-refractivity contribution is 6.01. The van der Waals surface area contributed by atoms with Crippen LogP contribution in [0, 0.1) is 0 Å². The number of carbonyl (C=O) groups is 2. The molecule has 0 amide bonds. The topological polar surface area (TPSA) is 65.5 Å². The van der Waals surface area contributed by atoms with Crippen LogP contribution in [0.15, 0.2) is 48.8 Å². The maximum atomic E-state index is 12.2. The number of carbonyl (C=O) groups excluding carboxylic acids is 2. The Balaban J connectivity index is 1.60. The molecule has 1 fully saturated rings. The Kier molecular flexibility index (Phi) is 4.14. The van der Waals surface area contributed by atoms with Crippen molar-refractivity contribution in [2.24, 2.45) is 0 Å². The molecule has 1 saturated heterocycles. The summed E-state index contributed by atoms with van der Waals surface area (Å²) in [5.74, 6) is 0.197. The van der Waals surface area contributed by atoms with Gasteiger partial charge in [-0.1, -0.05) is 6.07 Å². The van der Waals surface area contributed by atoms with Gasteiger partial charge in [-0.2, -0.15) is 0 Å². The first-order chi connectivity index (χ1) is 10.7. The summed E-state index contributed by atoms with van der Waals surface area (Å²) in [7, 11) is 0. The first-order valence-corrected chi connectivity index (χ1v) is 7.08. The van der Waals surface area contributed by atoms with E-state index < -0.39 is 6.10 Å². The monoisotopic (exact) mass is 297 g/mol. The minimum absolute atomic E-state index is 0.162. The number of ether oxygens (including phenoxy) is 2. The fourth-order valence-electron chi connectivity index (χ4n) is 2.26. The highest BCUT2D eigenvalue weighted by atomic mass is 16.6. The Morgan fingerprint density at radius 1 is 1.27 bits per heavy atom. The van der Waals surface area contributed by atoms with Gasteiger partial charge in [0.05, 0.1) is 0 Å². The smallest absolute Gasteiger partial charge is 0.306 e. The lowest BCUT2D eigenvalue weighted by Gasteiger charge is -2.09. The summed E-state index contributed by atoms with van der Waals surface area (Å²) in [6.45, 7) is 0.418. The van der Waals surface area contributed by atoms with Crippen LogP contribution in [-0.2, 0) is 16.1 Å². The molecule has 1 unspecified atom stereocenters. The van der Waals surface area contributed by atoms with E-state index in [4.69, 9.17) is 9.47 Å². The lowest BCUT2D eigenvalue weighted by molar-refractivity contribution is -0.140. The zero-order valence-electron chi connectivity index (χ0n) is 11.9. The van der Waals surface area contributed by atoms with E-state index in [9.17, 15) is 9.59 Å².